The highest BCUT2D eigenvalue weighted by molar-refractivity contribution is 5.89. The molecule has 0 amide bonds. The normalized spacial score (nSPS) is 12.5. The van der Waals surface area contributed by atoms with E-state index in [0.717, 1.165) is 12.1 Å². The number of esters is 1. The van der Waals surface area contributed by atoms with E-state index < -0.39 is 18.2 Å². The van der Waals surface area contributed by atoms with E-state index in [0.29, 0.717) is 0 Å². The van der Waals surface area contributed by atoms with E-state index >= 15 is 0 Å². The Hall–Kier alpha value is -1.27. The Balaban J connectivity index is 0.00000256. The number of alkyl halides is 3. The number of carbonyl (C=O) groups is 1. The van der Waals surface area contributed by atoms with Crippen LogP contribution in [-0.2, 0) is 4.74 Å². The zero-order chi connectivity index (χ0) is 12.3. The Bertz CT molecular complexity index is 378. The zero-order valence-corrected chi connectivity index (χ0v) is 9.64. The van der Waals surface area contributed by atoms with Crippen molar-refractivity contribution in [3.05, 3.63) is 35.4 Å². The third-order valence-electron chi connectivity index (χ3n) is 2.04. The molecule has 0 fully saturated rings. The molecule has 17 heavy (non-hydrogen) atoms. The molecule has 0 aliphatic rings. The van der Waals surface area contributed by atoms with E-state index in [2.05, 4.69) is 4.74 Å². The van der Waals surface area contributed by atoms with Gasteiger partial charge in [-0.05, 0) is 17.7 Å². The van der Waals surface area contributed by atoms with Crippen LogP contribution >= 0.6 is 12.4 Å². The molecule has 3 nitrogen and oxygen atoms in total. The lowest BCUT2D eigenvalue weighted by molar-refractivity contribution is -0.149. The molecule has 0 bridgehead atoms. The lowest BCUT2D eigenvalue weighted by Crippen LogP contribution is -2.28. The SMILES string of the molecule is COC(=O)c1ccc(C(N)C(F)(F)F)cc1.Cl. The van der Waals surface area contributed by atoms with Crippen LogP contribution < -0.4 is 5.73 Å². The highest BCUT2D eigenvalue weighted by atomic mass is 35.5. The minimum Gasteiger partial charge on any atom is -0.465 e. The van der Waals surface area contributed by atoms with Crippen molar-refractivity contribution >= 4 is 18.4 Å². The van der Waals surface area contributed by atoms with Crippen LogP contribution in [0.4, 0.5) is 13.2 Å². The van der Waals surface area contributed by atoms with E-state index in [-0.39, 0.29) is 23.5 Å². The van der Waals surface area contributed by atoms with Gasteiger partial charge in [0.1, 0.15) is 6.04 Å². The topological polar surface area (TPSA) is 52.3 Å². The predicted molar refractivity (Wildman–Crippen MR) is 58.0 cm³/mol. The zero-order valence-electron chi connectivity index (χ0n) is 8.82. The van der Waals surface area contributed by atoms with Crippen molar-refractivity contribution < 1.29 is 22.7 Å². The minimum atomic E-state index is -4.49. The number of hydrogen-bond acceptors (Lipinski definition) is 3. The molecule has 1 rings (SSSR count). The first-order valence-corrected chi connectivity index (χ1v) is 4.37. The summed E-state index contributed by atoms with van der Waals surface area (Å²) in [6.07, 6.45) is -4.49. The first kappa shape index (κ1) is 15.7. The fourth-order valence-electron chi connectivity index (χ4n) is 1.13. The molecule has 0 saturated carbocycles. The van der Waals surface area contributed by atoms with Crippen LogP contribution in [0.1, 0.15) is 22.0 Å². The highest BCUT2D eigenvalue weighted by Gasteiger charge is 2.37. The maximum absolute atomic E-state index is 12.2. The van der Waals surface area contributed by atoms with Gasteiger partial charge < -0.3 is 10.5 Å². The van der Waals surface area contributed by atoms with Gasteiger partial charge in [0.05, 0.1) is 12.7 Å². The Kier molecular flexibility index (Phi) is 5.44. The summed E-state index contributed by atoms with van der Waals surface area (Å²) in [5.74, 6) is -0.605. The number of ether oxygens (including phenoxy) is 1. The standard InChI is InChI=1S/C10H10F3NO2.ClH/c1-16-9(15)7-4-2-6(3-5-7)8(14)10(11,12)13;/h2-5,8H,14H2,1H3;1H. The fourth-order valence-corrected chi connectivity index (χ4v) is 1.13. The molecule has 0 saturated heterocycles. The number of rotatable bonds is 2. The molecule has 0 spiro atoms. The molecular formula is C10H11ClF3NO2. The van der Waals surface area contributed by atoms with Gasteiger partial charge in [-0.25, -0.2) is 4.79 Å². The second-order valence-corrected chi connectivity index (χ2v) is 3.13. The van der Waals surface area contributed by atoms with Crippen LogP contribution in [0.25, 0.3) is 0 Å². The fraction of sp³-hybridized carbons (Fsp3) is 0.300. The molecule has 0 radical (unpaired) electrons. The largest absolute Gasteiger partial charge is 0.465 e. The van der Waals surface area contributed by atoms with E-state index in [4.69, 9.17) is 5.73 Å². The summed E-state index contributed by atoms with van der Waals surface area (Å²) in [6.45, 7) is 0. The minimum absolute atomic E-state index is 0. The molecule has 0 aliphatic heterocycles. The molecule has 0 heterocycles. The summed E-state index contributed by atoms with van der Waals surface area (Å²) in [6, 6.07) is 2.76. The van der Waals surface area contributed by atoms with Crippen LogP contribution in [-0.4, -0.2) is 19.3 Å². The highest BCUT2D eigenvalue weighted by Crippen LogP contribution is 2.30. The third kappa shape index (κ3) is 3.90. The number of halogens is 4. The Morgan fingerprint density at radius 3 is 2.12 bits per heavy atom. The van der Waals surface area contributed by atoms with Crippen LogP contribution in [0.5, 0.6) is 0 Å². The summed E-state index contributed by atoms with van der Waals surface area (Å²) in [5.41, 5.74) is 5.07. The van der Waals surface area contributed by atoms with Crippen molar-refractivity contribution in [2.45, 2.75) is 12.2 Å². The van der Waals surface area contributed by atoms with Gasteiger partial charge >= 0.3 is 12.1 Å². The molecule has 1 atom stereocenters. The molecular weight excluding hydrogens is 259 g/mol. The maximum Gasteiger partial charge on any atom is 0.407 e. The van der Waals surface area contributed by atoms with Crippen molar-refractivity contribution in [2.24, 2.45) is 5.73 Å². The van der Waals surface area contributed by atoms with Gasteiger partial charge in [-0.2, -0.15) is 13.2 Å². The quantitative estimate of drug-likeness (QED) is 0.839. The van der Waals surface area contributed by atoms with Gasteiger partial charge in [-0.3, -0.25) is 0 Å². The van der Waals surface area contributed by atoms with Crippen molar-refractivity contribution in [1.82, 2.24) is 0 Å². The van der Waals surface area contributed by atoms with Crippen LogP contribution in [0.2, 0.25) is 0 Å². The molecule has 2 N–H and O–H groups in total. The van der Waals surface area contributed by atoms with Gasteiger partial charge in [0.2, 0.25) is 0 Å². The number of hydrogen-bond donors (Lipinski definition) is 1. The second kappa shape index (κ2) is 5.88. The number of methoxy groups -OCH3 is 1. The first-order valence-electron chi connectivity index (χ1n) is 4.37. The monoisotopic (exact) mass is 269 g/mol. The molecule has 1 unspecified atom stereocenters. The molecule has 7 heteroatoms. The third-order valence-corrected chi connectivity index (χ3v) is 2.04. The van der Waals surface area contributed by atoms with E-state index in [1.165, 1.54) is 19.2 Å². The summed E-state index contributed by atoms with van der Waals surface area (Å²) in [7, 11) is 1.19. The van der Waals surface area contributed by atoms with E-state index in [1.54, 1.807) is 0 Å². The molecule has 1 aromatic carbocycles. The lowest BCUT2D eigenvalue weighted by atomic mass is 10.1. The van der Waals surface area contributed by atoms with Crippen molar-refractivity contribution in [3.8, 4) is 0 Å². The van der Waals surface area contributed by atoms with Crippen molar-refractivity contribution in [3.63, 3.8) is 0 Å². The van der Waals surface area contributed by atoms with Gasteiger partial charge in [-0.15, -0.1) is 12.4 Å². The Morgan fingerprint density at radius 2 is 1.76 bits per heavy atom. The number of carbonyl (C=O) groups excluding carboxylic acids is 1. The van der Waals surface area contributed by atoms with E-state index in [9.17, 15) is 18.0 Å². The number of benzene rings is 1. The lowest BCUT2D eigenvalue weighted by Gasteiger charge is -2.15. The summed E-state index contributed by atoms with van der Waals surface area (Å²) in [4.78, 5) is 11.0. The van der Waals surface area contributed by atoms with E-state index in [1.807, 2.05) is 0 Å². The first-order chi connectivity index (χ1) is 7.36. The van der Waals surface area contributed by atoms with Crippen LogP contribution in [0.3, 0.4) is 0 Å². The summed E-state index contributed by atoms with van der Waals surface area (Å²) < 4.78 is 41.1. The summed E-state index contributed by atoms with van der Waals surface area (Å²) in [5, 5.41) is 0. The Morgan fingerprint density at radius 1 is 1.29 bits per heavy atom. The van der Waals surface area contributed by atoms with Crippen LogP contribution in [0.15, 0.2) is 24.3 Å². The predicted octanol–water partition coefficient (Wildman–Crippen LogP) is 2.46. The maximum atomic E-state index is 12.2. The van der Waals surface area contributed by atoms with Gasteiger partial charge in [0, 0.05) is 0 Å². The number of nitrogens with two attached hydrogens (primary N) is 1. The smallest absolute Gasteiger partial charge is 0.407 e. The van der Waals surface area contributed by atoms with Crippen LogP contribution in [0, 0.1) is 0 Å². The Labute approximate surface area is 102 Å². The van der Waals surface area contributed by atoms with Gasteiger partial charge in [0.15, 0.2) is 0 Å². The molecule has 0 aliphatic carbocycles. The molecule has 96 valence electrons. The van der Waals surface area contributed by atoms with Crippen molar-refractivity contribution in [2.75, 3.05) is 7.11 Å². The summed E-state index contributed by atoms with van der Waals surface area (Å²) >= 11 is 0. The molecule has 1 aromatic rings. The average Bonchev–Trinajstić information content (AvgIpc) is 2.26. The van der Waals surface area contributed by atoms with Crippen molar-refractivity contribution in [1.29, 1.82) is 0 Å². The average molecular weight is 270 g/mol. The van der Waals surface area contributed by atoms with Gasteiger partial charge in [-0.1, -0.05) is 12.1 Å². The molecule has 0 aromatic heterocycles. The van der Waals surface area contributed by atoms with Gasteiger partial charge in [0.25, 0.3) is 0 Å². The second-order valence-electron chi connectivity index (χ2n) is 3.13.